The lowest BCUT2D eigenvalue weighted by Crippen LogP contribution is -2.27. The number of thiol groups is 1. The topological polar surface area (TPSA) is 204 Å². The molecule has 0 aliphatic heterocycles. The van der Waals surface area contributed by atoms with E-state index in [1.807, 2.05) is 0 Å². The van der Waals surface area contributed by atoms with Crippen molar-refractivity contribution in [3.05, 3.63) is 33.4 Å². The number of benzene rings is 1. The molecule has 0 aromatic heterocycles. The Balaban J connectivity index is 4.50. The van der Waals surface area contributed by atoms with Crippen LogP contribution < -0.4 is 0 Å². The first-order valence-electron chi connectivity index (χ1n) is 5.57. The van der Waals surface area contributed by atoms with E-state index in [4.69, 9.17) is 25.5 Å². The van der Waals surface area contributed by atoms with Gasteiger partial charge in [0.15, 0.2) is 0 Å². The van der Waals surface area contributed by atoms with E-state index in [1.165, 1.54) is 0 Å². The maximum absolute atomic E-state index is 11.5. The number of carboxylic acid groups (broad SMARTS) is 5. The SMILES string of the molecule is O=C(O)c1c(C(=O)O)c(C(=O)O)c(C(=O)S)c(C(=O)O)c1C(=O)O. The molecule has 0 unspecified atom stereocenters. The fraction of sp³-hybridized carbons (Fsp3) is 0. The van der Waals surface area contributed by atoms with E-state index in [2.05, 4.69) is 12.6 Å². The minimum atomic E-state index is -2.20. The number of aromatic carboxylic acids is 5. The largest absolute Gasteiger partial charge is 0.478 e. The predicted molar refractivity (Wildman–Crippen MR) is 74.6 cm³/mol. The second kappa shape index (κ2) is 6.37. The zero-order valence-corrected chi connectivity index (χ0v) is 12.0. The van der Waals surface area contributed by atoms with Crippen molar-refractivity contribution in [3.63, 3.8) is 0 Å². The highest BCUT2D eigenvalue weighted by atomic mass is 32.1. The zero-order chi connectivity index (χ0) is 18.9. The van der Waals surface area contributed by atoms with Crippen LogP contribution in [-0.4, -0.2) is 60.5 Å². The van der Waals surface area contributed by atoms with Crippen LogP contribution in [0.2, 0.25) is 0 Å². The molecule has 0 spiro atoms. The monoisotopic (exact) mass is 358 g/mol. The molecule has 1 rings (SSSR count). The van der Waals surface area contributed by atoms with Crippen LogP contribution >= 0.6 is 12.6 Å². The molecule has 0 atom stereocenters. The third-order valence-corrected chi connectivity index (χ3v) is 3.01. The summed E-state index contributed by atoms with van der Waals surface area (Å²) in [4.78, 5) is 68.0. The fourth-order valence-corrected chi connectivity index (χ4v) is 2.26. The molecule has 0 heterocycles. The van der Waals surface area contributed by atoms with Gasteiger partial charge in [-0.05, 0) is 0 Å². The van der Waals surface area contributed by atoms with Gasteiger partial charge in [0, 0.05) is 0 Å². The molecule has 24 heavy (non-hydrogen) atoms. The van der Waals surface area contributed by atoms with Gasteiger partial charge in [0.25, 0.3) is 0 Å². The molecule has 0 bridgehead atoms. The zero-order valence-electron chi connectivity index (χ0n) is 11.1. The maximum Gasteiger partial charge on any atom is 0.337 e. The van der Waals surface area contributed by atoms with Crippen molar-refractivity contribution in [2.45, 2.75) is 0 Å². The highest BCUT2D eigenvalue weighted by Crippen LogP contribution is 2.30. The summed E-state index contributed by atoms with van der Waals surface area (Å²) in [6.07, 6.45) is 0. The van der Waals surface area contributed by atoms with Gasteiger partial charge in [-0.3, -0.25) is 4.79 Å². The van der Waals surface area contributed by atoms with Crippen LogP contribution in [-0.2, 0) is 0 Å². The lowest BCUT2D eigenvalue weighted by Gasteiger charge is -2.16. The Kier molecular flexibility index (Phi) is 4.95. The van der Waals surface area contributed by atoms with Gasteiger partial charge in [-0.2, -0.15) is 0 Å². The summed E-state index contributed by atoms with van der Waals surface area (Å²) in [5.41, 5.74) is -8.99. The third-order valence-electron chi connectivity index (χ3n) is 2.78. The summed E-state index contributed by atoms with van der Waals surface area (Å²) < 4.78 is 0. The van der Waals surface area contributed by atoms with Crippen molar-refractivity contribution < 1.29 is 54.3 Å². The Hall–Kier alpha value is -3.41. The highest BCUT2D eigenvalue weighted by Gasteiger charge is 2.39. The molecule has 12 heteroatoms. The van der Waals surface area contributed by atoms with Crippen LogP contribution in [0.4, 0.5) is 0 Å². The van der Waals surface area contributed by atoms with E-state index in [9.17, 15) is 28.8 Å². The van der Waals surface area contributed by atoms with Gasteiger partial charge >= 0.3 is 29.8 Å². The molecule has 1 aromatic rings. The quantitative estimate of drug-likeness (QED) is 0.380. The minimum Gasteiger partial charge on any atom is -0.478 e. The lowest BCUT2D eigenvalue weighted by molar-refractivity contribution is 0.0607. The van der Waals surface area contributed by atoms with E-state index in [0.29, 0.717) is 0 Å². The Labute approximate surface area is 136 Å². The molecule has 11 nitrogen and oxygen atoms in total. The molecule has 5 N–H and O–H groups in total. The van der Waals surface area contributed by atoms with Crippen molar-refractivity contribution in [1.82, 2.24) is 0 Å². The summed E-state index contributed by atoms with van der Waals surface area (Å²) in [5.74, 6) is -10.9. The van der Waals surface area contributed by atoms with Gasteiger partial charge in [-0.1, -0.05) is 0 Å². The summed E-state index contributed by atoms with van der Waals surface area (Å²) >= 11 is 3.23. The van der Waals surface area contributed by atoms with Crippen LogP contribution in [0.25, 0.3) is 0 Å². The van der Waals surface area contributed by atoms with Crippen molar-refractivity contribution in [2.75, 3.05) is 0 Å². The number of carbonyl (C=O) groups excluding carboxylic acids is 1. The molecule has 0 aliphatic carbocycles. The second-order valence-electron chi connectivity index (χ2n) is 4.08. The first-order valence-corrected chi connectivity index (χ1v) is 6.01. The number of carboxylic acids is 5. The summed E-state index contributed by atoms with van der Waals surface area (Å²) in [6, 6.07) is 0. The second-order valence-corrected chi connectivity index (χ2v) is 4.49. The Morgan fingerprint density at radius 2 is 0.625 bits per heavy atom. The van der Waals surface area contributed by atoms with E-state index in [-0.39, 0.29) is 0 Å². The molecule has 0 saturated heterocycles. The van der Waals surface area contributed by atoms with Gasteiger partial charge in [-0.15, -0.1) is 12.6 Å². The van der Waals surface area contributed by atoms with Gasteiger partial charge in [0.1, 0.15) is 0 Å². The van der Waals surface area contributed by atoms with Crippen LogP contribution in [0.3, 0.4) is 0 Å². The van der Waals surface area contributed by atoms with E-state index < -0.39 is 68.3 Å². The van der Waals surface area contributed by atoms with Crippen molar-refractivity contribution >= 4 is 47.6 Å². The average Bonchev–Trinajstić information content (AvgIpc) is 2.42. The Morgan fingerprint density at radius 3 is 0.750 bits per heavy atom. The van der Waals surface area contributed by atoms with Crippen LogP contribution in [0.5, 0.6) is 0 Å². The average molecular weight is 358 g/mol. The van der Waals surface area contributed by atoms with Gasteiger partial charge in [-0.25, -0.2) is 24.0 Å². The van der Waals surface area contributed by atoms with Gasteiger partial charge in [0.2, 0.25) is 5.12 Å². The van der Waals surface area contributed by atoms with Crippen LogP contribution in [0.15, 0.2) is 0 Å². The number of hydrogen-bond acceptors (Lipinski definition) is 6. The molecule has 0 saturated carbocycles. The fourth-order valence-electron chi connectivity index (χ4n) is 2.03. The molecule has 1 aromatic carbocycles. The van der Waals surface area contributed by atoms with Crippen LogP contribution in [0, 0.1) is 0 Å². The molecule has 0 radical (unpaired) electrons. The van der Waals surface area contributed by atoms with Gasteiger partial charge in [0.05, 0.1) is 33.4 Å². The highest BCUT2D eigenvalue weighted by molar-refractivity contribution is 7.97. The molecule has 0 aliphatic rings. The standard InChI is InChI=1S/C12H6O11S/c13-7(14)1-2(8(15)16)4(10(19)20)6(12(23)24)5(11(21)22)3(1)9(17)18/h(H,13,14)(H,15,16)(H,17,18)(H,19,20)(H,21,22)(H,23,24). The normalized spacial score (nSPS) is 10.0. The number of rotatable bonds is 6. The number of hydrogen-bond donors (Lipinski definition) is 6. The Bertz CT molecular complexity index is 638. The van der Waals surface area contributed by atoms with Gasteiger partial charge < -0.3 is 25.5 Å². The molecule has 0 fully saturated rings. The first-order chi connectivity index (χ1) is 10.9. The summed E-state index contributed by atoms with van der Waals surface area (Å²) in [5, 5.41) is 43.9. The van der Waals surface area contributed by atoms with Crippen molar-refractivity contribution in [1.29, 1.82) is 0 Å². The third kappa shape index (κ3) is 2.89. The first kappa shape index (κ1) is 18.6. The summed E-state index contributed by atoms with van der Waals surface area (Å²) in [7, 11) is 0. The van der Waals surface area contributed by atoms with E-state index in [0.717, 1.165) is 0 Å². The molecular weight excluding hydrogens is 352 g/mol. The predicted octanol–water partition coefficient (Wildman–Crippen LogP) is 0.248. The number of carbonyl (C=O) groups is 6. The van der Waals surface area contributed by atoms with Crippen molar-refractivity contribution in [3.8, 4) is 0 Å². The van der Waals surface area contributed by atoms with Crippen LogP contribution in [0.1, 0.15) is 62.1 Å². The van der Waals surface area contributed by atoms with E-state index in [1.54, 1.807) is 0 Å². The molecule has 126 valence electrons. The smallest absolute Gasteiger partial charge is 0.337 e. The molecule has 0 amide bonds. The maximum atomic E-state index is 11.5. The minimum absolute atomic E-state index is 1.35. The molecular formula is C12H6O11S. The van der Waals surface area contributed by atoms with E-state index >= 15 is 0 Å². The lowest BCUT2D eigenvalue weighted by atomic mass is 9.86. The summed E-state index contributed by atoms with van der Waals surface area (Å²) in [6.45, 7) is 0. The van der Waals surface area contributed by atoms with Crippen molar-refractivity contribution in [2.24, 2.45) is 0 Å². The Morgan fingerprint density at radius 1 is 0.458 bits per heavy atom.